The van der Waals surface area contributed by atoms with Crippen LogP contribution in [0.4, 0.5) is 5.13 Å². The van der Waals surface area contributed by atoms with E-state index in [4.69, 9.17) is 9.15 Å². The van der Waals surface area contributed by atoms with E-state index in [9.17, 15) is 4.79 Å². The number of nitrogens with one attached hydrogen (secondary N) is 1. The molecule has 0 aliphatic carbocycles. The van der Waals surface area contributed by atoms with Crippen LogP contribution in [-0.2, 0) is 0 Å². The van der Waals surface area contributed by atoms with Crippen LogP contribution < -0.4 is 10.1 Å². The van der Waals surface area contributed by atoms with Crippen molar-refractivity contribution in [2.75, 3.05) is 11.9 Å². The van der Waals surface area contributed by atoms with Crippen molar-refractivity contribution in [1.29, 1.82) is 0 Å². The van der Waals surface area contributed by atoms with Crippen LogP contribution in [-0.4, -0.2) is 22.7 Å². The van der Waals surface area contributed by atoms with Gasteiger partial charge in [0.2, 0.25) is 5.13 Å². The van der Waals surface area contributed by atoms with E-state index >= 15 is 0 Å². The predicted octanol–water partition coefficient (Wildman–Crippen LogP) is 3.45. The minimum atomic E-state index is -0.286. The lowest BCUT2D eigenvalue weighted by molar-refractivity contribution is 0.102. The largest absolute Gasteiger partial charge is 0.493 e. The Labute approximate surface area is 130 Å². The van der Waals surface area contributed by atoms with Crippen molar-refractivity contribution >= 4 is 22.4 Å². The maximum Gasteiger partial charge on any atom is 0.261 e. The first kappa shape index (κ1) is 14.3. The van der Waals surface area contributed by atoms with Gasteiger partial charge in [-0.25, -0.2) is 0 Å². The van der Waals surface area contributed by atoms with Gasteiger partial charge in [-0.05, 0) is 31.2 Å². The second kappa shape index (κ2) is 6.40. The molecular formula is C15H13N3O3S. The average molecular weight is 315 g/mol. The van der Waals surface area contributed by atoms with Gasteiger partial charge in [-0.2, -0.15) is 0 Å². The van der Waals surface area contributed by atoms with Gasteiger partial charge in [0.25, 0.3) is 5.91 Å². The molecule has 112 valence electrons. The van der Waals surface area contributed by atoms with Crippen molar-refractivity contribution in [1.82, 2.24) is 10.2 Å². The summed E-state index contributed by atoms with van der Waals surface area (Å²) in [4.78, 5) is 12.3. The Hall–Kier alpha value is -2.67. The van der Waals surface area contributed by atoms with Crippen molar-refractivity contribution in [3.8, 4) is 16.5 Å². The summed E-state index contributed by atoms with van der Waals surface area (Å²) in [7, 11) is 0. The van der Waals surface area contributed by atoms with Gasteiger partial charge in [0, 0.05) is 0 Å². The molecule has 0 saturated carbocycles. The summed E-state index contributed by atoms with van der Waals surface area (Å²) in [6.07, 6.45) is 1.56. The SMILES string of the molecule is CCOc1ccccc1C(=O)Nc1nnc(-c2ccco2)s1. The molecule has 2 aromatic heterocycles. The van der Waals surface area contributed by atoms with Gasteiger partial charge in [0.15, 0.2) is 10.8 Å². The van der Waals surface area contributed by atoms with Crippen LogP contribution in [0.5, 0.6) is 5.75 Å². The number of para-hydroxylation sites is 1. The maximum atomic E-state index is 12.3. The summed E-state index contributed by atoms with van der Waals surface area (Å²) in [6.45, 7) is 2.36. The van der Waals surface area contributed by atoms with Gasteiger partial charge in [0.1, 0.15) is 5.75 Å². The third kappa shape index (κ3) is 2.99. The lowest BCUT2D eigenvalue weighted by Gasteiger charge is -2.08. The third-order valence-corrected chi connectivity index (χ3v) is 3.66. The molecule has 3 rings (SSSR count). The molecule has 0 radical (unpaired) electrons. The van der Waals surface area contributed by atoms with E-state index < -0.39 is 0 Å². The molecule has 0 atom stereocenters. The van der Waals surface area contributed by atoms with Crippen LogP contribution in [0.25, 0.3) is 10.8 Å². The molecule has 22 heavy (non-hydrogen) atoms. The summed E-state index contributed by atoms with van der Waals surface area (Å²) < 4.78 is 10.7. The first-order chi connectivity index (χ1) is 10.8. The minimum Gasteiger partial charge on any atom is -0.493 e. The number of carbonyl (C=O) groups excluding carboxylic acids is 1. The monoisotopic (exact) mass is 315 g/mol. The zero-order chi connectivity index (χ0) is 15.4. The van der Waals surface area contributed by atoms with Gasteiger partial charge in [-0.1, -0.05) is 23.5 Å². The zero-order valence-electron chi connectivity index (χ0n) is 11.8. The van der Waals surface area contributed by atoms with E-state index in [0.717, 1.165) is 0 Å². The van der Waals surface area contributed by atoms with Crippen molar-refractivity contribution in [3.05, 3.63) is 48.2 Å². The zero-order valence-corrected chi connectivity index (χ0v) is 12.6. The van der Waals surface area contributed by atoms with Crippen LogP contribution in [0.15, 0.2) is 47.1 Å². The fourth-order valence-corrected chi connectivity index (χ4v) is 2.58. The van der Waals surface area contributed by atoms with Crippen LogP contribution >= 0.6 is 11.3 Å². The number of nitrogens with zero attached hydrogens (tertiary/aromatic N) is 2. The van der Waals surface area contributed by atoms with E-state index in [1.165, 1.54) is 11.3 Å². The molecule has 0 spiro atoms. The van der Waals surface area contributed by atoms with Crippen LogP contribution in [0.3, 0.4) is 0 Å². The minimum absolute atomic E-state index is 0.286. The van der Waals surface area contributed by atoms with Crippen molar-refractivity contribution in [2.45, 2.75) is 6.92 Å². The number of ether oxygens (including phenoxy) is 1. The molecule has 7 heteroatoms. The van der Waals surface area contributed by atoms with E-state index in [2.05, 4.69) is 15.5 Å². The van der Waals surface area contributed by atoms with E-state index in [-0.39, 0.29) is 5.91 Å². The molecule has 1 N–H and O–H groups in total. The summed E-state index contributed by atoms with van der Waals surface area (Å²) in [5.74, 6) is 0.872. The lowest BCUT2D eigenvalue weighted by Crippen LogP contribution is -2.13. The smallest absolute Gasteiger partial charge is 0.261 e. The first-order valence-corrected chi connectivity index (χ1v) is 7.50. The van der Waals surface area contributed by atoms with Crippen molar-refractivity contribution in [2.24, 2.45) is 0 Å². The molecule has 0 fully saturated rings. The highest BCUT2D eigenvalue weighted by atomic mass is 32.1. The number of benzene rings is 1. The van der Waals surface area contributed by atoms with Gasteiger partial charge in [0.05, 0.1) is 18.4 Å². The molecule has 0 aliphatic rings. The fourth-order valence-electron chi connectivity index (χ4n) is 1.87. The van der Waals surface area contributed by atoms with Gasteiger partial charge in [-0.15, -0.1) is 10.2 Å². The highest BCUT2D eigenvalue weighted by Gasteiger charge is 2.15. The highest BCUT2D eigenvalue weighted by molar-refractivity contribution is 7.18. The molecular weight excluding hydrogens is 302 g/mol. The summed E-state index contributed by atoms with van der Waals surface area (Å²) >= 11 is 1.24. The highest BCUT2D eigenvalue weighted by Crippen LogP contribution is 2.27. The number of furan rings is 1. The molecule has 0 saturated heterocycles. The van der Waals surface area contributed by atoms with Gasteiger partial charge >= 0.3 is 0 Å². The van der Waals surface area contributed by atoms with Crippen molar-refractivity contribution in [3.63, 3.8) is 0 Å². The van der Waals surface area contributed by atoms with Crippen LogP contribution in [0.2, 0.25) is 0 Å². The van der Waals surface area contributed by atoms with E-state index in [1.54, 1.807) is 36.6 Å². The maximum absolute atomic E-state index is 12.3. The molecule has 0 bridgehead atoms. The Morgan fingerprint density at radius 1 is 1.27 bits per heavy atom. The molecule has 2 heterocycles. The summed E-state index contributed by atoms with van der Waals surface area (Å²) in [5, 5.41) is 11.7. The first-order valence-electron chi connectivity index (χ1n) is 6.68. The number of aromatic nitrogens is 2. The third-order valence-electron chi connectivity index (χ3n) is 2.81. The van der Waals surface area contributed by atoms with Gasteiger partial charge in [-0.3, -0.25) is 10.1 Å². The molecule has 1 aromatic carbocycles. The standard InChI is InChI=1S/C15H13N3O3S/c1-2-20-11-7-4-3-6-10(11)13(19)16-15-18-17-14(22-15)12-8-5-9-21-12/h3-9H,2H2,1H3,(H,16,18,19). The van der Waals surface area contributed by atoms with E-state index in [0.29, 0.717) is 33.8 Å². The average Bonchev–Trinajstić information content (AvgIpc) is 3.19. The normalized spacial score (nSPS) is 10.4. The quantitative estimate of drug-likeness (QED) is 0.780. The second-order valence-electron chi connectivity index (χ2n) is 4.27. The molecule has 0 unspecified atom stereocenters. The molecule has 3 aromatic rings. The lowest BCUT2D eigenvalue weighted by atomic mass is 10.2. The summed E-state index contributed by atoms with van der Waals surface area (Å²) in [5.41, 5.74) is 0.457. The summed E-state index contributed by atoms with van der Waals surface area (Å²) in [6, 6.07) is 10.6. The Bertz CT molecular complexity index is 768. The number of rotatable bonds is 5. The van der Waals surface area contributed by atoms with Crippen LogP contribution in [0, 0.1) is 0 Å². The predicted molar refractivity (Wildman–Crippen MR) is 83.2 cm³/mol. The molecule has 0 aliphatic heterocycles. The number of amides is 1. The Balaban J connectivity index is 1.77. The second-order valence-corrected chi connectivity index (χ2v) is 5.25. The number of anilines is 1. The number of hydrogen-bond acceptors (Lipinski definition) is 6. The van der Waals surface area contributed by atoms with Crippen LogP contribution in [0.1, 0.15) is 17.3 Å². The Morgan fingerprint density at radius 3 is 2.91 bits per heavy atom. The topological polar surface area (TPSA) is 77.2 Å². The number of hydrogen-bond donors (Lipinski definition) is 1. The van der Waals surface area contributed by atoms with E-state index in [1.807, 2.05) is 13.0 Å². The fraction of sp³-hybridized carbons (Fsp3) is 0.133. The number of carbonyl (C=O) groups is 1. The van der Waals surface area contributed by atoms with Gasteiger partial charge < -0.3 is 9.15 Å². The van der Waals surface area contributed by atoms with Crippen molar-refractivity contribution < 1.29 is 13.9 Å². The Kier molecular flexibility index (Phi) is 4.15. The Morgan fingerprint density at radius 2 is 2.14 bits per heavy atom. The molecule has 6 nitrogen and oxygen atoms in total. The molecule has 1 amide bonds.